The average Bonchev–Trinajstić information content (AvgIpc) is 3.25. The number of hydrogen-bond donors (Lipinski definition) is 0. The minimum absolute atomic E-state index is 0.0169. The van der Waals surface area contributed by atoms with E-state index >= 15 is 0 Å². The zero-order valence-electron chi connectivity index (χ0n) is 18.0. The summed E-state index contributed by atoms with van der Waals surface area (Å²) in [7, 11) is -0.951. The van der Waals surface area contributed by atoms with E-state index in [1.807, 2.05) is 0 Å². The summed E-state index contributed by atoms with van der Waals surface area (Å²) >= 11 is 6.18. The van der Waals surface area contributed by atoms with E-state index in [0.29, 0.717) is 16.1 Å². The molecule has 0 aliphatic carbocycles. The quantitative estimate of drug-likeness (QED) is 0.380. The molecule has 4 aromatic rings. The lowest BCUT2D eigenvalue weighted by atomic mass is 10.2. The molecule has 0 saturated carbocycles. The van der Waals surface area contributed by atoms with E-state index in [1.165, 1.54) is 36.9 Å². The lowest BCUT2D eigenvalue weighted by molar-refractivity contribution is 0.486. The van der Waals surface area contributed by atoms with Crippen molar-refractivity contribution in [2.24, 2.45) is 0 Å². The molecule has 0 atom stereocenters. The molecular formula is C21H20ClN5O5S. The van der Waals surface area contributed by atoms with Crippen LogP contribution in [-0.4, -0.2) is 46.1 Å². The Kier molecular flexibility index (Phi) is 5.95. The molecule has 0 N–H and O–H groups in total. The summed E-state index contributed by atoms with van der Waals surface area (Å²) in [6, 6.07) is 11.2. The van der Waals surface area contributed by atoms with Crippen LogP contribution in [0.3, 0.4) is 0 Å². The van der Waals surface area contributed by atoms with Crippen LogP contribution in [0.25, 0.3) is 22.5 Å². The second-order valence-corrected chi connectivity index (χ2v) is 9.92. The molecule has 2 aromatic carbocycles. The summed E-state index contributed by atoms with van der Waals surface area (Å²) in [5.74, 6) is 0.216. The van der Waals surface area contributed by atoms with E-state index in [4.69, 9.17) is 16.0 Å². The van der Waals surface area contributed by atoms with Crippen molar-refractivity contribution in [3.8, 4) is 11.5 Å². The predicted octanol–water partition coefficient (Wildman–Crippen LogP) is 2.19. The SMILES string of the molecule is CCn1c(=O)c(=O)n(Cc2nnc(-c3ccccc3Cl)o2)c2cc(S(=O)(=O)N(C)C)ccc21. The van der Waals surface area contributed by atoms with E-state index < -0.39 is 21.1 Å². The molecule has 0 amide bonds. The molecule has 0 spiro atoms. The van der Waals surface area contributed by atoms with E-state index in [1.54, 1.807) is 31.2 Å². The van der Waals surface area contributed by atoms with Gasteiger partial charge in [-0.05, 0) is 37.3 Å². The highest BCUT2D eigenvalue weighted by molar-refractivity contribution is 7.89. The maximum atomic E-state index is 13.0. The lowest BCUT2D eigenvalue weighted by Crippen LogP contribution is -2.41. The first-order chi connectivity index (χ1) is 15.6. The first-order valence-corrected chi connectivity index (χ1v) is 11.7. The van der Waals surface area contributed by atoms with Crippen LogP contribution in [0, 0.1) is 0 Å². The Labute approximate surface area is 193 Å². The van der Waals surface area contributed by atoms with Crippen molar-refractivity contribution in [1.82, 2.24) is 23.6 Å². The van der Waals surface area contributed by atoms with Crippen LogP contribution < -0.4 is 11.1 Å². The Balaban J connectivity index is 1.90. The maximum absolute atomic E-state index is 13.0. The van der Waals surface area contributed by atoms with Gasteiger partial charge >= 0.3 is 11.1 Å². The largest absolute Gasteiger partial charge is 0.419 e. The van der Waals surface area contributed by atoms with Gasteiger partial charge in [-0.1, -0.05) is 23.7 Å². The fourth-order valence-electron chi connectivity index (χ4n) is 3.44. The monoisotopic (exact) mass is 489 g/mol. The number of hydrogen-bond acceptors (Lipinski definition) is 7. The van der Waals surface area contributed by atoms with Gasteiger partial charge in [0.25, 0.3) is 0 Å². The van der Waals surface area contributed by atoms with Crippen molar-refractivity contribution >= 4 is 32.7 Å². The zero-order chi connectivity index (χ0) is 23.9. The number of fused-ring (bicyclic) bond motifs is 1. The molecule has 0 aliphatic heterocycles. The fraction of sp³-hybridized carbons (Fsp3) is 0.238. The predicted molar refractivity (Wildman–Crippen MR) is 123 cm³/mol. The third-order valence-corrected chi connectivity index (χ3v) is 7.30. The summed E-state index contributed by atoms with van der Waals surface area (Å²) in [4.78, 5) is 25.6. The van der Waals surface area contributed by atoms with Crippen molar-refractivity contribution in [2.45, 2.75) is 24.9 Å². The van der Waals surface area contributed by atoms with Gasteiger partial charge in [0, 0.05) is 20.6 Å². The van der Waals surface area contributed by atoms with Crippen LogP contribution >= 0.6 is 11.6 Å². The molecule has 0 radical (unpaired) electrons. The molecule has 0 aliphatic rings. The molecule has 10 nitrogen and oxygen atoms in total. The second kappa shape index (κ2) is 8.58. The smallest absolute Gasteiger partial charge is 0.317 e. The molecule has 172 valence electrons. The Morgan fingerprint density at radius 2 is 1.70 bits per heavy atom. The first kappa shape index (κ1) is 22.9. The van der Waals surface area contributed by atoms with Crippen LogP contribution in [0.5, 0.6) is 0 Å². The third kappa shape index (κ3) is 3.99. The highest BCUT2D eigenvalue weighted by Crippen LogP contribution is 2.26. The van der Waals surface area contributed by atoms with E-state index in [0.717, 1.165) is 8.87 Å². The normalized spacial score (nSPS) is 12.0. The minimum atomic E-state index is -3.77. The summed E-state index contributed by atoms with van der Waals surface area (Å²) in [5.41, 5.74) is -0.385. The Hall–Kier alpha value is -3.28. The molecule has 0 unspecified atom stereocenters. The molecule has 12 heteroatoms. The van der Waals surface area contributed by atoms with Crippen molar-refractivity contribution < 1.29 is 12.8 Å². The van der Waals surface area contributed by atoms with Gasteiger partial charge in [-0.2, -0.15) is 0 Å². The van der Waals surface area contributed by atoms with Crippen LogP contribution in [-0.2, 0) is 23.1 Å². The highest BCUT2D eigenvalue weighted by atomic mass is 35.5. The summed E-state index contributed by atoms with van der Waals surface area (Å²) in [6.07, 6.45) is 0. The molecule has 4 rings (SSSR count). The van der Waals surface area contributed by atoms with Gasteiger partial charge in [-0.25, -0.2) is 12.7 Å². The average molecular weight is 490 g/mol. The van der Waals surface area contributed by atoms with Crippen molar-refractivity contribution in [3.63, 3.8) is 0 Å². The molecule has 2 aromatic heterocycles. The number of aryl methyl sites for hydroxylation is 1. The number of rotatable bonds is 6. The number of sulfonamides is 1. The van der Waals surface area contributed by atoms with E-state index in [2.05, 4.69) is 10.2 Å². The Morgan fingerprint density at radius 3 is 2.36 bits per heavy atom. The van der Waals surface area contributed by atoms with Crippen molar-refractivity contribution in [3.05, 3.63) is 74.1 Å². The first-order valence-electron chi connectivity index (χ1n) is 9.92. The lowest BCUT2D eigenvalue weighted by Gasteiger charge is -2.16. The fourth-order valence-corrected chi connectivity index (χ4v) is 4.57. The number of halogens is 1. The molecule has 0 fully saturated rings. The molecule has 0 saturated heterocycles. The number of nitrogens with zero attached hydrogens (tertiary/aromatic N) is 5. The van der Waals surface area contributed by atoms with Crippen molar-refractivity contribution in [2.75, 3.05) is 14.1 Å². The Bertz CT molecular complexity index is 1590. The summed E-state index contributed by atoms with van der Waals surface area (Å²) < 4.78 is 34.5. The highest BCUT2D eigenvalue weighted by Gasteiger charge is 2.21. The van der Waals surface area contributed by atoms with Gasteiger partial charge in [-0.15, -0.1) is 10.2 Å². The third-order valence-electron chi connectivity index (χ3n) is 5.16. The molecule has 2 heterocycles. The van der Waals surface area contributed by atoms with Crippen LogP contribution in [0.1, 0.15) is 12.8 Å². The van der Waals surface area contributed by atoms with Gasteiger partial charge in [0.05, 0.1) is 26.5 Å². The second-order valence-electron chi connectivity index (χ2n) is 7.36. The van der Waals surface area contributed by atoms with Gasteiger partial charge < -0.3 is 8.98 Å². The topological polar surface area (TPSA) is 120 Å². The van der Waals surface area contributed by atoms with Crippen LogP contribution in [0.15, 0.2) is 61.4 Å². The van der Waals surface area contributed by atoms with Gasteiger partial charge in [0.15, 0.2) is 0 Å². The molecule has 33 heavy (non-hydrogen) atoms. The van der Waals surface area contributed by atoms with Crippen LogP contribution in [0.2, 0.25) is 5.02 Å². The molecule has 0 bridgehead atoms. The van der Waals surface area contributed by atoms with E-state index in [9.17, 15) is 18.0 Å². The van der Waals surface area contributed by atoms with Gasteiger partial charge in [-0.3, -0.25) is 14.2 Å². The van der Waals surface area contributed by atoms with Crippen molar-refractivity contribution in [1.29, 1.82) is 0 Å². The van der Waals surface area contributed by atoms with Gasteiger partial charge in [0.2, 0.25) is 21.8 Å². The van der Waals surface area contributed by atoms with Crippen LogP contribution in [0.4, 0.5) is 0 Å². The molecular weight excluding hydrogens is 470 g/mol. The standard InChI is InChI=1S/C21H20ClN5O5S/c1-4-26-16-10-9-13(33(30,31)25(2)3)11-17(16)27(21(29)20(26)28)12-18-23-24-19(32-18)14-7-5-6-8-15(14)22/h5-11H,4,12H2,1-3H3. The van der Waals surface area contributed by atoms with Gasteiger partial charge in [0.1, 0.15) is 6.54 Å². The summed E-state index contributed by atoms with van der Waals surface area (Å²) in [5, 5.41) is 8.38. The Morgan fingerprint density at radius 1 is 1.00 bits per heavy atom. The number of benzene rings is 2. The summed E-state index contributed by atoms with van der Waals surface area (Å²) in [6.45, 7) is 1.74. The van der Waals surface area contributed by atoms with E-state index in [-0.39, 0.29) is 35.3 Å². The zero-order valence-corrected chi connectivity index (χ0v) is 19.6. The maximum Gasteiger partial charge on any atom is 0.317 e. The number of aromatic nitrogens is 4. The minimum Gasteiger partial charge on any atom is -0.419 e.